The first kappa shape index (κ1) is 12.4. The Kier molecular flexibility index (Phi) is 5.32. The third kappa shape index (κ3) is 3.47. The highest BCUT2D eigenvalue weighted by Crippen LogP contribution is 2.14. The van der Waals surface area contributed by atoms with Gasteiger partial charge in [-0.1, -0.05) is 48.3 Å². The Morgan fingerprint density at radius 1 is 1.36 bits per heavy atom. The molecule has 0 aliphatic rings. The van der Waals surface area contributed by atoms with E-state index in [-0.39, 0.29) is 4.46 Å². The Balaban J connectivity index is 2.87. The first-order valence-electron chi connectivity index (χ1n) is 4.68. The summed E-state index contributed by atoms with van der Waals surface area (Å²) in [6, 6.07) is 9.03. The van der Waals surface area contributed by atoms with E-state index in [0.717, 1.165) is 17.5 Å². The van der Waals surface area contributed by atoms with E-state index in [1.165, 1.54) is 5.19 Å². The number of hydrogen-bond donors (Lipinski definition) is 0. The van der Waals surface area contributed by atoms with Gasteiger partial charge in [-0.25, -0.2) is 0 Å². The molecule has 4 heteroatoms. The van der Waals surface area contributed by atoms with Crippen molar-refractivity contribution in [3.05, 3.63) is 29.3 Å². The van der Waals surface area contributed by atoms with E-state index < -0.39 is 8.80 Å². The van der Waals surface area contributed by atoms with Crippen LogP contribution >= 0.6 is 34.8 Å². The molecule has 1 rings (SSSR count). The van der Waals surface area contributed by atoms with Crippen molar-refractivity contribution >= 4 is 48.8 Å². The Bertz CT molecular complexity index is 288. The SMILES string of the molecule is CCC[SiH](c1cccc(Cl)c1)C(Cl)Cl. The van der Waals surface area contributed by atoms with Crippen LogP contribution in [0.15, 0.2) is 24.3 Å². The van der Waals surface area contributed by atoms with Gasteiger partial charge in [-0.15, -0.1) is 23.2 Å². The molecule has 0 nitrogen and oxygen atoms in total. The largest absolute Gasteiger partial charge is 0.109 e. The van der Waals surface area contributed by atoms with E-state index in [2.05, 4.69) is 13.0 Å². The van der Waals surface area contributed by atoms with Crippen LogP contribution in [0, 0.1) is 0 Å². The van der Waals surface area contributed by atoms with Crippen LogP contribution in [0.4, 0.5) is 0 Å². The van der Waals surface area contributed by atoms with Crippen molar-refractivity contribution in [1.29, 1.82) is 0 Å². The zero-order valence-electron chi connectivity index (χ0n) is 8.01. The summed E-state index contributed by atoms with van der Waals surface area (Å²) in [5.41, 5.74) is 0. The summed E-state index contributed by atoms with van der Waals surface area (Å²) in [4.78, 5) is 0. The summed E-state index contributed by atoms with van der Waals surface area (Å²) in [5, 5.41) is 2.03. The van der Waals surface area contributed by atoms with Gasteiger partial charge in [0, 0.05) is 5.02 Å². The monoisotopic (exact) mass is 266 g/mol. The lowest BCUT2D eigenvalue weighted by atomic mass is 10.4. The molecule has 0 radical (unpaired) electrons. The highest BCUT2D eigenvalue weighted by Gasteiger charge is 2.20. The molecule has 0 bridgehead atoms. The first-order chi connectivity index (χ1) is 6.65. The zero-order valence-corrected chi connectivity index (χ0v) is 11.4. The smallest absolute Gasteiger partial charge is 0.109 e. The first-order valence-corrected chi connectivity index (χ1v) is 8.00. The molecule has 14 heavy (non-hydrogen) atoms. The van der Waals surface area contributed by atoms with Gasteiger partial charge >= 0.3 is 0 Å². The van der Waals surface area contributed by atoms with Gasteiger partial charge in [0.1, 0.15) is 8.80 Å². The van der Waals surface area contributed by atoms with Crippen molar-refractivity contribution in [2.75, 3.05) is 0 Å². The minimum absolute atomic E-state index is 0.228. The molecule has 0 fully saturated rings. The lowest BCUT2D eigenvalue weighted by molar-refractivity contribution is 1.06. The maximum atomic E-state index is 5.99. The number of halogens is 3. The number of benzene rings is 1. The quantitative estimate of drug-likeness (QED) is 0.578. The fourth-order valence-corrected chi connectivity index (χ4v) is 5.67. The van der Waals surface area contributed by atoms with Crippen molar-refractivity contribution in [1.82, 2.24) is 0 Å². The van der Waals surface area contributed by atoms with Gasteiger partial charge in [0.25, 0.3) is 0 Å². The highest BCUT2D eigenvalue weighted by molar-refractivity contribution is 6.88. The van der Waals surface area contributed by atoms with Gasteiger partial charge in [0.2, 0.25) is 0 Å². The molecule has 1 aromatic rings. The predicted molar refractivity (Wildman–Crippen MR) is 68.8 cm³/mol. The summed E-state index contributed by atoms with van der Waals surface area (Å²) < 4.78 is -0.228. The number of alkyl halides is 2. The molecular formula is C10H13Cl3Si. The Morgan fingerprint density at radius 2 is 2.07 bits per heavy atom. The van der Waals surface area contributed by atoms with Crippen LogP contribution in [0.1, 0.15) is 13.3 Å². The van der Waals surface area contributed by atoms with Crippen LogP contribution in [-0.2, 0) is 0 Å². The second-order valence-electron chi connectivity index (χ2n) is 3.28. The highest BCUT2D eigenvalue weighted by atomic mass is 35.5. The molecule has 1 unspecified atom stereocenters. The maximum Gasteiger partial charge on any atom is 0.109 e. The average Bonchev–Trinajstić information content (AvgIpc) is 2.13. The van der Waals surface area contributed by atoms with Gasteiger partial charge in [0.05, 0.1) is 4.46 Å². The molecule has 0 amide bonds. The summed E-state index contributed by atoms with van der Waals surface area (Å²) in [6.45, 7) is 2.15. The molecule has 0 saturated heterocycles. The van der Waals surface area contributed by atoms with Crippen LogP contribution in [0.5, 0.6) is 0 Å². The van der Waals surface area contributed by atoms with Crippen LogP contribution in [0.25, 0.3) is 0 Å². The van der Waals surface area contributed by atoms with Crippen molar-refractivity contribution in [3.8, 4) is 0 Å². The van der Waals surface area contributed by atoms with E-state index in [1.807, 2.05) is 18.2 Å². The van der Waals surface area contributed by atoms with Crippen LogP contribution in [0.2, 0.25) is 11.1 Å². The summed E-state index contributed by atoms with van der Waals surface area (Å²) in [7, 11) is -1.25. The van der Waals surface area contributed by atoms with Gasteiger partial charge in [-0.2, -0.15) is 0 Å². The molecule has 0 spiro atoms. The topological polar surface area (TPSA) is 0 Å². The molecule has 1 atom stereocenters. The Labute approximate surface area is 102 Å². The fourth-order valence-electron chi connectivity index (χ4n) is 1.49. The molecule has 1 aromatic carbocycles. The number of hydrogen-bond acceptors (Lipinski definition) is 0. The van der Waals surface area contributed by atoms with Gasteiger partial charge in [-0.05, 0) is 12.1 Å². The van der Waals surface area contributed by atoms with E-state index in [9.17, 15) is 0 Å². The summed E-state index contributed by atoms with van der Waals surface area (Å²) in [6.07, 6.45) is 1.12. The van der Waals surface area contributed by atoms with Crippen molar-refractivity contribution in [2.45, 2.75) is 23.8 Å². The molecular weight excluding hydrogens is 255 g/mol. The molecule has 0 N–H and O–H groups in total. The van der Waals surface area contributed by atoms with E-state index in [4.69, 9.17) is 34.8 Å². The van der Waals surface area contributed by atoms with E-state index in [0.29, 0.717) is 0 Å². The summed E-state index contributed by atoms with van der Waals surface area (Å²) >= 11 is 17.9. The minimum atomic E-state index is -1.25. The average molecular weight is 268 g/mol. The molecule has 0 aliphatic carbocycles. The molecule has 78 valence electrons. The van der Waals surface area contributed by atoms with E-state index >= 15 is 0 Å². The minimum Gasteiger partial charge on any atom is -0.109 e. The van der Waals surface area contributed by atoms with Crippen LogP contribution in [0.3, 0.4) is 0 Å². The predicted octanol–water partition coefficient (Wildman–Crippen LogP) is 3.53. The fraction of sp³-hybridized carbons (Fsp3) is 0.400. The van der Waals surface area contributed by atoms with Gasteiger partial charge in [0.15, 0.2) is 0 Å². The van der Waals surface area contributed by atoms with Gasteiger partial charge < -0.3 is 0 Å². The number of rotatable bonds is 4. The molecule has 0 heterocycles. The van der Waals surface area contributed by atoms with Crippen molar-refractivity contribution in [2.24, 2.45) is 0 Å². The third-order valence-electron chi connectivity index (χ3n) is 2.18. The lowest BCUT2D eigenvalue weighted by Crippen LogP contribution is -2.36. The van der Waals surface area contributed by atoms with Crippen LogP contribution in [-0.4, -0.2) is 13.3 Å². The second-order valence-corrected chi connectivity index (χ2v) is 8.85. The van der Waals surface area contributed by atoms with Gasteiger partial charge in [-0.3, -0.25) is 0 Å². The van der Waals surface area contributed by atoms with E-state index in [1.54, 1.807) is 0 Å². The van der Waals surface area contributed by atoms with Crippen molar-refractivity contribution < 1.29 is 0 Å². The molecule has 0 aliphatic heterocycles. The molecule has 0 saturated carbocycles. The van der Waals surface area contributed by atoms with Crippen LogP contribution < -0.4 is 5.19 Å². The summed E-state index contributed by atoms with van der Waals surface area (Å²) in [5.74, 6) is 0. The zero-order chi connectivity index (χ0) is 10.6. The lowest BCUT2D eigenvalue weighted by Gasteiger charge is -2.15. The Morgan fingerprint density at radius 3 is 2.57 bits per heavy atom. The maximum absolute atomic E-state index is 5.99. The Hall–Kier alpha value is 0.307. The standard InChI is InChI=1S/C10H13Cl3Si/c1-2-6-14(10(12)13)9-5-3-4-8(11)7-9/h3-5,7,10,14H,2,6H2,1H3. The normalized spacial score (nSPS) is 13.2. The third-order valence-corrected chi connectivity index (χ3v) is 7.26. The second kappa shape index (κ2) is 6.01. The van der Waals surface area contributed by atoms with Crippen molar-refractivity contribution in [3.63, 3.8) is 0 Å². The molecule has 0 aromatic heterocycles.